The summed E-state index contributed by atoms with van der Waals surface area (Å²) >= 11 is 0. The van der Waals surface area contributed by atoms with E-state index in [4.69, 9.17) is 5.73 Å². The molecule has 0 rings (SSSR count). The maximum absolute atomic E-state index is 9.99. The Morgan fingerprint density at radius 3 is 2.55 bits per heavy atom. The molecule has 0 amide bonds. The lowest BCUT2D eigenvalue weighted by atomic mass is 9.98. The Kier molecular flexibility index (Phi) is 5.75. The van der Waals surface area contributed by atoms with E-state index >= 15 is 0 Å². The third-order valence-corrected chi connectivity index (χ3v) is 1.66. The Labute approximate surface area is 68.5 Å². The van der Waals surface area contributed by atoms with Gasteiger partial charge in [0.25, 0.3) is 0 Å². The van der Waals surface area contributed by atoms with Crippen LogP contribution in [-0.4, -0.2) is 12.3 Å². The minimum atomic E-state index is 0.219. The summed E-state index contributed by atoms with van der Waals surface area (Å²) in [7, 11) is 0. The van der Waals surface area contributed by atoms with Gasteiger partial charge in [-0.15, -0.1) is 0 Å². The minimum absolute atomic E-state index is 0.219. The molecule has 0 aromatic carbocycles. The van der Waals surface area contributed by atoms with E-state index < -0.39 is 0 Å². The molecule has 0 fully saturated rings. The smallest absolute Gasteiger partial charge is 0.142 e. The zero-order valence-electron chi connectivity index (χ0n) is 7.29. The lowest BCUT2D eigenvalue weighted by molar-refractivity contribution is -0.104. The van der Waals surface area contributed by atoms with Crippen molar-refractivity contribution in [1.29, 1.82) is 0 Å². The van der Waals surface area contributed by atoms with E-state index in [0.717, 1.165) is 19.1 Å². The minimum Gasteiger partial charge on any atom is -0.328 e. The Balaban J connectivity index is 3.75. The summed E-state index contributed by atoms with van der Waals surface area (Å²) in [5.74, 6) is 0.459. The third-order valence-electron chi connectivity index (χ3n) is 1.66. The van der Waals surface area contributed by atoms with Crippen molar-refractivity contribution in [1.82, 2.24) is 0 Å². The van der Waals surface area contributed by atoms with Crippen LogP contribution in [0, 0.1) is 5.92 Å². The molecule has 2 N–H and O–H groups in total. The third kappa shape index (κ3) is 5.80. The number of hydrogen-bond acceptors (Lipinski definition) is 2. The largest absolute Gasteiger partial charge is 0.328 e. The summed E-state index contributed by atoms with van der Waals surface area (Å²) in [4.78, 5) is 9.99. The zero-order valence-corrected chi connectivity index (χ0v) is 7.29. The lowest BCUT2D eigenvalue weighted by Crippen LogP contribution is -2.18. The first kappa shape index (κ1) is 10.4. The standard InChI is InChI=1S/C9H17NO/c1-3-9(5-4-6-11)7-8(2)10/h4-6,8-9H,3,7,10H2,1-2H3/b5-4+. The molecule has 0 aromatic rings. The van der Waals surface area contributed by atoms with Crippen LogP contribution in [0.15, 0.2) is 12.2 Å². The van der Waals surface area contributed by atoms with E-state index in [-0.39, 0.29) is 6.04 Å². The number of rotatable bonds is 5. The first-order chi connectivity index (χ1) is 5.20. The highest BCUT2D eigenvalue weighted by molar-refractivity contribution is 5.64. The molecule has 2 atom stereocenters. The number of hydrogen-bond donors (Lipinski definition) is 1. The molecule has 64 valence electrons. The quantitative estimate of drug-likeness (QED) is 0.483. The number of aldehydes is 1. The van der Waals surface area contributed by atoms with E-state index in [1.165, 1.54) is 0 Å². The second-order valence-corrected chi connectivity index (χ2v) is 2.90. The summed E-state index contributed by atoms with van der Waals surface area (Å²) in [5.41, 5.74) is 5.62. The molecular weight excluding hydrogens is 138 g/mol. The topological polar surface area (TPSA) is 43.1 Å². The van der Waals surface area contributed by atoms with Crippen LogP contribution in [0.25, 0.3) is 0 Å². The molecule has 2 nitrogen and oxygen atoms in total. The fourth-order valence-corrected chi connectivity index (χ4v) is 1.06. The SMILES string of the molecule is CCC(/C=C/C=O)CC(C)N. The van der Waals surface area contributed by atoms with Crippen molar-refractivity contribution in [2.45, 2.75) is 32.7 Å². The molecule has 2 unspecified atom stereocenters. The lowest BCUT2D eigenvalue weighted by Gasteiger charge is -2.11. The predicted molar refractivity (Wildman–Crippen MR) is 47.3 cm³/mol. The average Bonchev–Trinajstić information content (AvgIpc) is 1.97. The van der Waals surface area contributed by atoms with Gasteiger partial charge < -0.3 is 5.73 Å². The van der Waals surface area contributed by atoms with Gasteiger partial charge in [0.05, 0.1) is 0 Å². The van der Waals surface area contributed by atoms with Crippen LogP contribution in [0.1, 0.15) is 26.7 Å². The number of carbonyl (C=O) groups is 1. The molecule has 0 bridgehead atoms. The first-order valence-electron chi connectivity index (χ1n) is 4.08. The van der Waals surface area contributed by atoms with Gasteiger partial charge in [0.1, 0.15) is 6.29 Å². The van der Waals surface area contributed by atoms with Crippen LogP contribution in [0.2, 0.25) is 0 Å². The highest BCUT2D eigenvalue weighted by atomic mass is 16.1. The maximum atomic E-state index is 9.99. The molecule has 0 saturated carbocycles. The summed E-state index contributed by atoms with van der Waals surface area (Å²) < 4.78 is 0. The van der Waals surface area contributed by atoms with E-state index in [9.17, 15) is 4.79 Å². The second-order valence-electron chi connectivity index (χ2n) is 2.90. The van der Waals surface area contributed by atoms with Crippen LogP contribution in [0.4, 0.5) is 0 Å². The molecule has 0 aliphatic carbocycles. The van der Waals surface area contributed by atoms with Crippen molar-refractivity contribution in [2.24, 2.45) is 11.7 Å². The molecule has 0 aliphatic rings. The van der Waals surface area contributed by atoms with Crippen molar-refractivity contribution in [2.75, 3.05) is 0 Å². The van der Waals surface area contributed by atoms with Crippen LogP contribution in [-0.2, 0) is 4.79 Å². The molecule has 0 aliphatic heterocycles. The van der Waals surface area contributed by atoms with E-state index in [2.05, 4.69) is 6.92 Å². The molecule has 0 radical (unpaired) electrons. The molecule has 0 saturated heterocycles. The summed E-state index contributed by atoms with van der Waals surface area (Å²) in [6, 6.07) is 0.219. The van der Waals surface area contributed by atoms with Gasteiger partial charge in [-0.3, -0.25) is 4.79 Å². The normalized spacial score (nSPS) is 16.6. The maximum Gasteiger partial charge on any atom is 0.142 e. The van der Waals surface area contributed by atoms with Gasteiger partial charge in [-0.25, -0.2) is 0 Å². The Hall–Kier alpha value is -0.630. The summed E-state index contributed by atoms with van der Waals surface area (Å²) in [6.45, 7) is 4.08. The number of carbonyl (C=O) groups excluding carboxylic acids is 1. The summed E-state index contributed by atoms with van der Waals surface area (Å²) in [6.07, 6.45) is 6.30. The molecular formula is C9H17NO. The molecule has 0 heterocycles. The highest BCUT2D eigenvalue weighted by Crippen LogP contribution is 2.10. The molecule has 0 aromatic heterocycles. The van der Waals surface area contributed by atoms with Crippen molar-refractivity contribution in [3.63, 3.8) is 0 Å². The average molecular weight is 155 g/mol. The van der Waals surface area contributed by atoms with Crippen molar-refractivity contribution >= 4 is 6.29 Å². The fraction of sp³-hybridized carbons (Fsp3) is 0.667. The zero-order chi connectivity index (χ0) is 8.69. The Morgan fingerprint density at radius 1 is 1.55 bits per heavy atom. The van der Waals surface area contributed by atoms with E-state index in [0.29, 0.717) is 5.92 Å². The van der Waals surface area contributed by atoms with E-state index in [1.54, 1.807) is 6.08 Å². The van der Waals surface area contributed by atoms with Crippen molar-refractivity contribution < 1.29 is 4.79 Å². The van der Waals surface area contributed by atoms with Crippen molar-refractivity contribution in [3.05, 3.63) is 12.2 Å². The molecule has 2 heteroatoms. The number of nitrogens with two attached hydrogens (primary N) is 1. The van der Waals surface area contributed by atoms with Gasteiger partial charge in [0, 0.05) is 6.04 Å². The van der Waals surface area contributed by atoms with E-state index in [1.807, 2.05) is 13.0 Å². The second kappa shape index (κ2) is 6.10. The monoisotopic (exact) mass is 155 g/mol. The van der Waals surface area contributed by atoms with Crippen LogP contribution in [0.3, 0.4) is 0 Å². The van der Waals surface area contributed by atoms with Gasteiger partial charge in [0.15, 0.2) is 0 Å². The van der Waals surface area contributed by atoms with Crippen LogP contribution < -0.4 is 5.73 Å². The van der Waals surface area contributed by atoms with Crippen LogP contribution >= 0.6 is 0 Å². The van der Waals surface area contributed by atoms with Gasteiger partial charge >= 0.3 is 0 Å². The predicted octanol–water partition coefficient (Wildman–Crippen LogP) is 1.50. The van der Waals surface area contributed by atoms with Gasteiger partial charge in [-0.05, 0) is 31.8 Å². The Morgan fingerprint density at radius 2 is 2.18 bits per heavy atom. The van der Waals surface area contributed by atoms with Crippen LogP contribution in [0.5, 0.6) is 0 Å². The Bertz CT molecular complexity index is 130. The molecule has 11 heavy (non-hydrogen) atoms. The molecule has 0 spiro atoms. The van der Waals surface area contributed by atoms with Crippen molar-refractivity contribution in [3.8, 4) is 0 Å². The first-order valence-corrected chi connectivity index (χ1v) is 4.08. The van der Waals surface area contributed by atoms with Gasteiger partial charge in [0.2, 0.25) is 0 Å². The number of allylic oxidation sites excluding steroid dienone is 2. The van der Waals surface area contributed by atoms with Gasteiger partial charge in [-0.1, -0.05) is 13.0 Å². The van der Waals surface area contributed by atoms with Gasteiger partial charge in [-0.2, -0.15) is 0 Å². The summed E-state index contributed by atoms with van der Waals surface area (Å²) in [5, 5.41) is 0. The highest BCUT2D eigenvalue weighted by Gasteiger charge is 2.03. The fourth-order valence-electron chi connectivity index (χ4n) is 1.06.